The first-order chi connectivity index (χ1) is 8.61. The number of rotatable bonds is 2. The maximum absolute atomic E-state index is 11.2. The fourth-order valence-electron chi connectivity index (χ4n) is 3.06. The van der Waals surface area contributed by atoms with Gasteiger partial charge in [-0.3, -0.25) is 0 Å². The zero-order chi connectivity index (χ0) is 14.5. The molecule has 1 unspecified atom stereocenters. The Balaban J connectivity index is 2.59. The van der Waals surface area contributed by atoms with E-state index in [0.717, 1.165) is 0 Å². The Kier molecular flexibility index (Phi) is 3.37. The zero-order valence-corrected chi connectivity index (χ0v) is 12.8. The summed E-state index contributed by atoms with van der Waals surface area (Å²) in [4.78, 5) is 0. The Bertz CT molecular complexity index is 496. The van der Waals surface area contributed by atoms with Gasteiger partial charge in [0.05, 0.1) is 18.3 Å². The molecule has 2 rings (SSSR count). The van der Waals surface area contributed by atoms with E-state index >= 15 is 0 Å². The molecular formula is C15H21ClO3. The second kappa shape index (κ2) is 4.37. The standard InChI is InChI=1S/C15H21ClO3/c1-13(2)9-15(17,14(3,4)19-13)11-8-10(16)6-7-12(11)18-5/h6-8,17H,9H2,1-5H3. The molecule has 19 heavy (non-hydrogen) atoms. The first kappa shape index (κ1) is 14.6. The summed E-state index contributed by atoms with van der Waals surface area (Å²) in [6, 6.07) is 5.28. The van der Waals surface area contributed by atoms with Crippen LogP contribution in [0.2, 0.25) is 5.02 Å². The third kappa shape index (κ3) is 2.35. The van der Waals surface area contributed by atoms with Crippen molar-refractivity contribution in [1.29, 1.82) is 0 Å². The van der Waals surface area contributed by atoms with Gasteiger partial charge in [0, 0.05) is 17.0 Å². The van der Waals surface area contributed by atoms with E-state index in [1.165, 1.54) is 0 Å². The van der Waals surface area contributed by atoms with Crippen LogP contribution in [-0.4, -0.2) is 23.4 Å². The van der Waals surface area contributed by atoms with E-state index in [0.29, 0.717) is 22.8 Å². The third-order valence-electron chi connectivity index (χ3n) is 3.82. The molecule has 1 atom stereocenters. The van der Waals surface area contributed by atoms with Gasteiger partial charge in [-0.2, -0.15) is 0 Å². The number of hydrogen-bond acceptors (Lipinski definition) is 3. The van der Waals surface area contributed by atoms with Gasteiger partial charge in [0.25, 0.3) is 0 Å². The minimum absolute atomic E-state index is 0.397. The number of methoxy groups -OCH3 is 1. The van der Waals surface area contributed by atoms with Crippen molar-refractivity contribution in [2.24, 2.45) is 0 Å². The topological polar surface area (TPSA) is 38.7 Å². The molecule has 4 heteroatoms. The summed E-state index contributed by atoms with van der Waals surface area (Å²) < 4.78 is 11.4. The maximum Gasteiger partial charge on any atom is 0.125 e. The van der Waals surface area contributed by atoms with Crippen molar-refractivity contribution in [2.75, 3.05) is 7.11 Å². The van der Waals surface area contributed by atoms with E-state index in [1.54, 1.807) is 25.3 Å². The van der Waals surface area contributed by atoms with Gasteiger partial charge in [0.2, 0.25) is 0 Å². The molecule has 1 aliphatic rings. The van der Waals surface area contributed by atoms with Gasteiger partial charge in [0.1, 0.15) is 11.4 Å². The van der Waals surface area contributed by atoms with E-state index in [-0.39, 0.29) is 0 Å². The van der Waals surface area contributed by atoms with Gasteiger partial charge < -0.3 is 14.6 Å². The molecule has 1 heterocycles. The fraction of sp³-hybridized carbons (Fsp3) is 0.600. The van der Waals surface area contributed by atoms with Gasteiger partial charge in [-0.15, -0.1) is 0 Å². The monoisotopic (exact) mass is 284 g/mol. The maximum atomic E-state index is 11.2. The molecule has 1 saturated heterocycles. The van der Waals surface area contributed by atoms with Gasteiger partial charge in [-0.25, -0.2) is 0 Å². The lowest BCUT2D eigenvalue weighted by molar-refractivity contribution is -0.130. The highest BCUT2D eigenvalue weighted by Gasteiger charge is 2.58. The first-order valence-electron chi connectivity index (χ1n) is 6.38. The molecule has 1 fully saturated rings. The molecular weight excluding hydrogens is 264 g/mol. The summed E-state index contributed by atoms with van der Waals surface area (Å²) in [7, 11) is 1.59. The SMILES string of the molecule is COc1ccc(Cl)cc1C1(O)CC(C)(C)OC1(C)C. The quantitative estimate of drug-likeness (QED) is 0.903. The molecule has 0 spiro atoms. The molecule has 1 aromatic rings. The van der Waals surface area contributed by atoms with E-state index in [2.05, 4.69) is 0 Å². The molecule has 0 radical (unpaired) electrons. The van der Waals surface area contributed by atoms with Crippen LogP contribution < -0.4 is 4.74 Å². The number of halogens is 1. The largest absolute Gasteiger partial charge is 0.496 e. The Morgan fingerprint density at radius 2 is 1.89 bits per heavy atom. The predicted molar refractivity (Wildman–Crippen MR) is 75.8 cm³/mol. The van der Waals surface area contributed by atoms with Gasteiger partial charge in [0.15, 0.2) is 0 Å². The molecule has 1 aliphatic heterocycles. The average molecular weight is 285 g/mol. The van der Waals surface area contributed by atoms with Crippen LogP contribution in [0.15, 0.2) is 18.2 Å². The van der Waals surface area contributed by atoms with Crippen molar-refractivity contribution in [2.45, 2.75) is 50.9 Å². The minimum atomic E-state index is -1.13. The third-order valence-corrected chi connectivity index (χ3v) is 4.05. The number of aliphatic hydroxyl groups is 1. The molecule has 0 aromatic heterocycles. The van der Waals surface area contributed by atoms with Gasteiger partial charge in [-0.05, 0) is 45.9 Å². The lowest BCUT2D eigenvalue weighted by atomic mass is 9.77. The van der Waals surface area contributed by atoms with Crippen LogP contribution in [0.4, 0.5) is 0 Å². The van der Waals surface area contributed by atoms with Gasteiger partial charge >= 0.3 is 0 Å². The first-order valence-corrected chi connectivity index (χ1v) is 6.76. The lowest BCUT2D eigenvalue weighted by Gasteiger charge is -2.36. The summed E-state index contributed by atoms with van der Waals surface area (Å²) >= 11 is 6.07. The second-order valence-corrected chi connectivity index (χ2v) is 6.69. The van der Waals surface area contributed by atoms with E-state index in [1.807, 2.05) is 27.7 Å². The van der Waals surface area contributed by atoms with Gasteiger partial charge in [-0.1, -0.05) is 11.6 Å². The Morgan fingerprint density at radius 3 is 2.37 bits per heavy atom. The van der Waals surface area contributed by atoms with Crippen LogP contribution >= 0.6 is 11.6 Å². The van der Waals surface area contributed by atoms with Crippen LogP contribution in [0.25, 0.3) is 0 Å². The normalized spacial score (nSPS) is 28.4. The zero-order valence-electron chi connectivity index (χ0n) is 12.1. The van der Waals surface area contributed by atoms with Crippen molar-refractivity contribution in [1.82, 2.24) is 0 Å². The Morgan fingerprint density at radius 1 is 1.26 bits per heavy atom. The molecule has 0 saturated carbocycles. The van der Waals surface area contributed by atoms with Crippen molar-refractivity contribution in [3.8, 4) is 5.75 Å². The molecule has 106 valence electrons. The van der Waals surface area contributed by atoms with Crippen LogP contribution in [0.3, 0.4) is 0 Å². The molecule has 0 bridgehead atoms. The Hall–Kier alpha value is -0.770. The summed E-state index contributed by atoms with van der Waals surface area (Å²) in [6.45, 7) is 7.73. The molecule has 3 nitrogen and oxygen atoms in total. The van der Waals surface area contributed by atoms with E-state index in [9.17, 15) is 5.11 Å². The van der Waals surface area contributed by atoms with Crippen molar-refractivity contribution < 1.29 is 14.6 Å². The van der Waals surface area contributed by atoms with Crippen LogP contribution in [0, 0.1) is 0 Å². The van der Waals surface area contributed by atoms with Crippen LogP contribution in [-0.2, 0) is 10.3 Å². The lowest BCUT2D eigenvalue weighted by Crippen LogP contribution is -2.43. The van der Waals surface area contributed by atoms with Crippen LogP contribution in [0.5, 0.6) is 5.75 Å². The number of benzene rings is 1. The summed E-state index contributed by atoms with van der Waals surface area (Å²) in [5.41, 5.74) is -1.56. The highest BCUT2D eigenvalue weighted by molar-refractivity contribution is 6.30. The fourth-order valence-corrected chi connectivity index (χ4v) is 3.24. The van der Waals surface area contributed by atoms with E-state index in [4.69, 9.17) is 21.1 Å². The Labute approximate surface area is 119 Å². The van der Waals surface area contributed by atoms with Crippen molar-refractivity contribution in [3.05, 3.63) is 28.8 Å². The average Bonchev–Trinajstić information content (AvgIpc) is 2.43. The number of hydrogen-bond donors (Lipinski definition) is 1. The minimum Gasteiger partial charge on any atom is -0.496 e. The highest BCUT2D eigenvalue weighted by atomic mass is 35.5. The van der Waals surface area contributed by atoms with Crippen LogP contribution in [0.1, 0.15) is 39.7 Å². The summed E-state index contributed by atoms with van der Waals surface area (Å²) in [5, 5.41) is 11.8. The van der Waals surface area contributed by atoms with E-state index < -0.39 is 16.8 Å². The summed E-state index contributed by atoms with van der Waals surface area (Å²) in [6.07, 6.45) is 0.490. The second-order valence-electron chi connectivity index (χ2n) is 6.25. The molecule has 1 aromatic carbocycles. The summed E-state index contributed by atoms with van der Waals surface area (Å²) in [5.74, 6) is 0.626. The predicted octanol–water partition coefficient (Wildman–Crippen LogP) is 3.51. The van der Waals surface area contributed by atoms with Crippen molar-refractivity contribution in [3.63, 3.8) is 0 Å². The molecule has 0 aliphatic carbocycles. The number of ether oxygens (including phenoxy) is 2. The highest BCUT2D eigenvalue weighted by Crippen LogP contribution is 2.53. The molecule has 0 amide bonds. The van der Waals surface area contributed by atoms with Crippen molar-refractivity contribution >= 4 is 11.6 Å². The molecule has 1 N–H and O–H groups in total. The smallest absolute Gasteiger partial charge is 0.125 e.